The van der Waals surface area contributed by atoms with Gasteiger partial charge in [0.1, 0.15) is 0 Å². The quantitative estimate of drug-likeness (QED) is 0.882. The maximum atomic E-state index is 12.7. The highest BCUT2D eigenvalue weighted by Crippen LogP contribution is 2.31. The van der Waals surface area contributed by atoms with E-state index < -0.39 is 29.3 Å². The van der Waals surface area contributed by atoms with Crippen LogP contribution in [0.15, 0.2) is 18.5 Å². The number of carbonyl (C=O) groups is 1. The number of nitrogens with one attached hydrogen (secondary N) is 1. The summed E-state index contributed by atoms with van der Waals surface area (Å²) in [6, 6.07) is 1.000. The van der Waals surface area contributed by atoms with Crippen molar-refractivity contribution >= 4 is 5.91 Å². The van der Waals surface area contributed by atoms with Crippen molar-refractivity contribution in [2.75, 3.05) is 6.54 Å². The highest BCUT2D eigenvalue weighted by molar-refractivity contribution is 5.95. The summed E-state index contributed by atoms with van der Waals surface area (Å²) >= 11 is 0. The number of aliphatic hydroxyl groups excluding tert-OH is 1. The lowest BCUT2D eigenvalue weighted by atomic mass is 10.1. The van der Waals surface area contributed by atoms with Crippen molar-refractivity contribution in [3.63, 3.8) is 0 Å². The third-order valence-electron chi connectivity index (χ3n) is 2.61. The number of pyridine rings is 1. The molecule has 0 saturated heterocycles. The molecule has 0 aliphatic rings. The minimum atomic E-state index is -4.64. The molecule has 0 aliphatic carbocycles. The second-order valence-corrected chi connectivity index (χ2v) is 4.44. The summed E-state index contributed by atoms with van der Waals surface area (Å²) in [5.41, 5.74) is -1.59. The number of nitrogens with zero attached hydrogens (tertiary/aromatic N) is 1. The maximum Gasteiger partial charge on any atom is 0.418 e. The number of aromatic nitrogens is 1. The second-order valence-electron chi connectivity index (χ2n) is 4.44. The molecular formula is C12H15F3N2O2. The molecule has 0 saturated carbocycles. The first-order valence-electron chi connectivity index (χ1n) is 5.71. The van der Waals surface area contributed by atoms with Gasteiger partial charge in [-0.05, 0) is 12.0 Å². The first-order valence-corrected chi connectivity index (χ1v) is 5.71. The highest BCUT2D eigenvalue weighted by atomic mass is 19.4. The third-order valence-corrected chi connectivity index (χ3v) is 2.61. The summed E-state index contributed by atoms with van der Waals surface area (Å²) < 4.78 is 38.0. The summed E-state index contributed by atoms with van der Waals surface area (Å²) in [4.78, 5) is 15.1. The fourth-order valence-electron chi connectivity index (χ4n) is 1.35. The molecule has 1 rings (SSSR count). The number of aliphatic hydroxyl groups is 1. The Morgan fingerprint density at radius 3 is 2.63 bits per heavy atom. The Kier molecular flexibility index (Phi) is 4.88. The average Bonchev–Trinajstić information content (AvgIpc) is 2.34. The van der Waals surface area contributed by atoms with Gasteiger partial charge in [0.05, 0.1) is 17.2 Å². The predicted octanol–water partition coefficient (Wildman–Crippen LogP) is 1.85. The van der Waals surface area contributed by atoms with Gasteiger partial charge < -0.3 is 10.4 Å². The normalized spacial score (nSPS) is 13.4. The summed E-state index contributed by atoms with van der Waals surface area (Å²) in [7, 11) is 0. The van der Waals surface area contributed by atoms with Gasteiger partial charge in [0, 0.05) is 18.9 Å². The SMILES string of the molecule is CC(C)[C@@H](O)CNC(=O)c1ccncc1C(F)(F)F. The van der Waals surface area contributed by atoms with E-state index in [0.29, 0.717) is 6.20 Å². The van der Waals surface area contributed by atoms with Gasteiger partial charge in [0.15, 0.2) is 0 Å². The molecule has 4 nitrogen and oxygen atoms in total. The van der Waals surface area contributed by atoms with E-state index in [4.69, 9.17) is 0 Å². The van der Waals surface area contributed by atoms with Crippen LogP contribution >= 0.6 is 0 Å². The standard InChI is InChI=1S/C12H15F3N2O2/c1-7(2)10(18)6-17-11(19)8-3-4-16-5-9(8)12(13,14)15/h3-5,7,10,18H,6H2,1-2H3,(H,17,19)/t10-/m0/s1. The fraction of sp³-hybridized carbons (Fsp3) is 0.500. The van der Waals surface area contributed by atoms with Crippen LogP contribution < -0.4 is 5.32 Å². The molecule has 0 unspecified atom stereocenters. The average molecular weight is 276 g/mol. The lowest BCUT2D eigenvalue weighted by Gasteiger charge is -2.16. The van der Waals surface area contributed by atoms with Gasteiger partial charge in [-0.3, -0.25) is 9.78 Å². The van der Waals surface area contributed by atoms with Crippen molar-refractivity contribution in [3.8, 4) is 0 Å². The Morgan fingerprint density at radius 1 is 1.47 bits per heavy atom. The molecule has 1 heterocycles. The molecule has 106 valence electrons. The minimum Gasteiger partial charge on any atom is -0.391 e. The zero-order chi connectivity index (χ0) is 14.6. The van der Waals surface area contributed by atoms with Crippen LogP contribution in [0.2, 0.25) is 0 Å². The molecule has 0 aliphatic heterocycles. The molecule has 0 bridgehead atoms. The zero-order valence-electron chi connectivity index (χ0n) is 10.5. The summed E-state index contributed by atoms with van der Waals surface area (Å²) in [6.45, 7) is 3.38. The molecule has 0 spiro atoms. The highest BCUT2D eigenvalue weighted by Gasteiger charge is 2.35. The number of alkyl halides is 3. The van der Waals surface area contributed by atoms with E-state index in [1.54, 1.807) is 13.8 Å². The second kappa shape index (κ2) is 6.01. The first kappa shape index (κ1) is 15.4. The van der Waals surface area contributed by atoms with Crippen molar-refractivity contribution in [3.05, 3.63) is 29.6 Å². The van der Waals surface area contributed by atoms with Gasteiger partial charge in [-0.1, -0.05) is 13.8 Å². The van der Waals surface area contributed by atoms with Crippen molar-refractivity contribution in [2.45, 2.75) is 26.1 Å². The topological polar surface area (TPSA) is 62.2 Å². The number of carbonyl (C=O) groups excluding carboxylic acids is 1. The molecule has 2 N–H and O–H groups in total. The molecule has 1 atom stereocenters. The number of rotatable bonds is 4. The van der Waals surface area contributed by atoms with Crippen LogP contribution in [0.3, 0.4) is 0 Å². The summed E-state index contributed by atoms with van der Waals surface area (Å²) in [5, 5.41) is 11.8. The predicted molar refractivity (Wildman–Crippen MR) is 62.4 cm³/mol. The van der Waals surface area contributed by atoms with E-state index >= 15 is 0 Å². The lowest BCUT2D eigenvalue weighted by molar-refractivity contribution is -0.138. The summed E-state index contributed by atoms with van der Waals surface area (Å²) in [6.07, 6.45) is -3.73. The Morgan fingerprint density at radius 2 is 2.11 bits per heavy atom. The maximum absolute atomic E-state index is 12.7. The van der Waals surface area contributed by atoms with E-state index in [-0.39, 0.29) is 12.5 Å². The van der Waals surface area contributed by atoms with Gasteiger partial charge in [-0.2, -0.15) is 13.2 Å². The third kappa shape index (κ3) is 4.20. The number of hydrogen-bond acceptors (Lipinski definition) is 3. The van der Waals surface area contributed by atoms with Crippen molar-refractivity contribution in [1.29, 1.82) is 0 Å². The molecule has 7 heteroatoms. The van der Waals surface area contributed by atoms with Crippen LogP contribution in [0.25, 0.3) is 0 Å². The summed E-state index contributed by atoms with van der Waals surface area (Å²) in [5.74, 6) is -0.978. The fourth-order valence-corrected chi connectivity index (χ4v) is 1.35. The molecule has 1 aromatic heterocycles. The number of amides is 1. The van der Waals surface area contributed by atoms with Crippen LogP contribution in [0.1, 0.15) is 29.8 Å². The molecule has 0 fully saturated rings. The monoisotopic (exact) mass is 276 g/mol. The molecule has 0 radical (unpaired) electrons. The van der Waals surface area contributed by atoms with E-state index in [0.717, 1.165) is 12.3 Å². The van der Waals surface area contributed by atoms with Crippen LogP contribution in [0.5, 0.6) is 0 Å². The Hall–Kier alpha value is -1.63. The largest absolute Gasteiger partial charge is 0.418 e. The molecule has 1 aromatic rings. The number of hydrogen-bond donors (Lipinski definition) is 2. The van der Waals surface area contributed by atoms with Crippen molar-refractivity contribution in [1.82, 2.24) is 10.3 Å². The zero-order valence-corrected chi connectivity index (χ0v) is 10.5. The van der Waals surface area contributed by atoms with Gasteiger partial charge >= 0.3 is 6.18 Å². The van der Waals surface area contributed by atoms with Crippen LogP contribution in [-0.2, 0) is 6.18 Å². The van der Waals surface area contributed by atoms with E-state index in [9.17, 15) is 23.1 Å². The minimum absolute atomic E-state index is 0.0974. The molecular weight excluding hydrogens is 261 g/mol. The van der Waals surface area contributed by atoms with Gasteiger partial charge in [-0.25, -0.2) is 0 Å². The van der Waals surface area contributed by atoms with Crippen LogP contribution in [-0.4, -0.2) is 28.6 Å². The van der Waals surface area contributed by atoms with Gasteiger partial charge in [-0.15, -0.1) is 0 Å². The van der Waals surface area contributed by atoms with Crippen molar-refractivity contribution < 1.29 is 23.1 Å². The van der Waals surface area contributed by atoms with Crippen LogP contribution in [0.4, 0.5) is 13.2 Å². The Bertz CT molecular complexity index is 447. The lowest BCUT2D eigenvalue weighted by Crippen LogP contribution is -2.35. The van der Waals surface area contributed by atoms with E-state index in [1.807, 2.05) is 0 Å². The van der Waals surface area contributed by atoms with Crippen LogP contribution in [0, 0.1) is 5.92 Å². The smallest absolute Gasteiger partial charge is 0.391 e. The molecule has 1 amide bonds. The van der Waals surface area contributed by atoms with E-state index in [1.165, 1.54) is 0 Å². The molecule has 19 heavy (non-hydrogen) atoms. The Balaban J connectivity index is 2.83. The Labute approximate surface area is 108 Å². The first-order chi connectivity index (χ1) is 8.73. The molecule has 0 aromatic carbocycles. The van der Waals surface area contributed by atoms with Crippen molar-refractivity contribution in [2.24, 2.45) is 5.92 Å². The number of halogens is 3. The van der Waals surface area contributed by atoms with Gasteiger partial charge in [0.2, 0.25) is 0 Å². The van der Waals surface area contributed by atoms with E-state index in [2.05, 4.69) is 10.3 Å². The van der Waals surface area contributed by atoms with Gasteiger partial charge in [0.25, 0.3) is 5.91 Å².